The molecule has 41 heavy (non-hydrogen) atoms. The number of aryl methyl sites for hydroxylation is 2. The summed E-state index contributed by atoms with van der Waals surface area (Å²) in [7, 11) is 0. The van der Waals surface area contributed by atoms with E-state index in [1.54, 1.807) is 36.7 Å². The molecule has 4 aromatic carbocycles. The van der Waals surface area contributed by atoms with Crippen molar-refractivity contribution >= 4 is 12.4 Å². The summed E-state index contributed by atoms with van der Waals surface area (Å²) in [6, 6.07) is 18.3. The highest BCUT2D eigenvalue weighted by atomic mass is 16.3. The van der Waals surface area contributed by atoms with Gasteiger partial charge in [-0.25, -0.2) is 0 Å². The number of hydrogen-bond acceptors (Lipinski definition) is 6. The molecule has 0 atom stereocenters. The number of hydrogen-bond donors (Lipinski definition) is 4. The van der Waals surface area contributed by atoms with Crippen LogP contribution in [0.4, 0.5) is 0 Å². The monoisotopic (exact) mass is 544 g/mol. The van der Waals surface area contributed by atoms with E-state index < -0.39 is 5.66 Å². The fraction of sp³-hybridized carbons (Fsp3) is 0.257. The van der Waals surface area contributed by atoms with Gasteiger partial charge in [-0.3, -0.25) is 9.98 Å². The number of aromatic hydroxyl groups is 4. The van der Waals surface area contributed by atoms with Gasteiger partial charge in [-0.15, -0.1) is 0 Å². The maximum Gasteiger partial charge on any atom is 0.202 e. The van der Waals surface area contributed by atoms with Gasteiger partial charge >= 0.3 is 0 Å². The van der Waals surface area contributed by atoms with Crippen LogP contribution in [0.2, 0.25) is 0 Å². The number of aliphatic imine (C=N–C) groups is 2. The van der Waals surface area contributed by atoms with Gasteiger partial charge in [-0.1, -0.05) is 36.4 Å². The van der Waals surface area contributed by atoms with E-state index in [0.717, 1.165) is 49.7 Å². The van der Waals surface area contributed by atoms with Gasteiger partial charge in [0.25, 0.3) is 0 Å². The Morgan fingerprint density at radius 1 is 0.537 bits per heavy atom. The first kappa shape index (κ1) is 25.4. The Balaban J connectivity index is 1.54. The minimum absolute atomic E-state index is 0.216. The quantitative estimate of drug-likeness (QED) is 0.170. The molecule has 0 radical (unpaired) electrons. The van der Waals surface area contributed by atoms with Crippen molar-refractivity contribution < 1.29 is 20.4 Å². The van der Waals surface area contributed by atoms with Crippen LogP contribution in [0.1, 0.15) is 70.2 Å². The molecule has 0 saturated carbocycles. The molecule has 206 valence electrons. The topological polar surface area (TPSA) is 106 Å². The largest absolute Gasteiger partial charge is 0.504 e. The lowest BCUT2D eigenvalue weighted by Gasteiger charge is -2.25. The SMILES string of the molecule is Oc1cccc(C=NC2(N=Cc3cccc(O)c3O)c3ccc4c(c3-c3c2ccc2c3CCCC2)CCCC4)c1O. The molecule has 6 heteroatoms. The fourth-order valence-corrected chi connectivity index (χ4v) is 6.90. The Morgan fingerprint density at radius 2 is 0.976 bits per heavy atom. The normalized spacial score (nSPS) is 16.9. The highest BCUT2D eigenvalue weighted by Crippen LogP contribution is 2.56. The van der Waals surface area contributed by atoms with Crippen LogP contribution in [0.15, 0.2) is 70.6 Å². The average molecular weight is 545 g/mol. The van der Waals surface area contributed by atoms with Crippen LogP contribution in [0.25, 0.3) is 11.1 Å². The van der Waals surface area contributed by atoms with Gasteiger partial charge in [-0.05, 0) is 109 Å². The summed E-state index contributed by atoms with van der Waals surface area (Å²) in [5.74, 6) is -0.913. The van der Waals surface area contributed by atoms with Crippen LogP contribution in [0.3, 0.4) is 0 Å². The summed E-state index contributed by atoms with van der Waals surface area (Å²) in [6.45, 7) is 0. The second kappa shape index (κ2) is 9.81. The zero-order chi connectivity index (χ0) is 28.1. The Hall–Kier alpha value is -4.58. The number of benzene rings is 4. The minimum atomic E-state index is -1.20. The third-order valence-electron chi connectivity index (χ3n) is 8.94. The van der Waals surface area contributed by atoms with E-state index in [0.29, 0.717) is 11.1 Å². The molecule has 4 aromatic rings. The number of phenols is 4. The second-order valence-electron chi connectivity index (χ2n) is 11.3. The van der Waals surface area contributed by atoms with Crippen molar-refractivity contribution in [3.63, 3.8) is 0 Å². The molecule has 3 aliphatic rings. The Morgan fingerprint density at radius 3 is 1.44 bits per heavy atom. The van der Waals surface area contributed by atoms with Crippen LogP contribution >= 0.6 is 0 Å². The molecule has 0 aromatic heterocycles. The van der Waals surface area contributed by atoms with Crippen molar-refractivity contribution in [2.45, 2.75) is 57.0 Å². The molecule has 0 saturated heterocycles. The number of nitrogens with zero attached hydrogens (tertiary/aromatic N) is 2. The van der Waals surface area contributed by atoms with Crippen molar-refractivity contribution in [2.75, 3.05) is 0 Å². The molecule has 6 nitrogen and oxygen atoms in total. The number of rotatable bonds is 4. The Labute approximate surface area is 239 Å². The maximum atomic E-state index is 10.6. The van der Waals surface area contributed by atoms with Crippen molar-refractivity contribution in [1.82, 2.24) is 0 Å². The molecule has 0 aliphatic heterocycles. The molecule has 4 N–H and O–H groups in total. The number of para-hydroxylation sites is 2. The van der Waals surface area contributed by atoms with Gasteiger partial charge in [0.2, 0.25) is 5.66 Å². The minimum Gasteiger partial charge on any atom is -0.504 e. The van der Waals surface area contributed by atoms with Crippen molar-refractivity contribution in [3.05, 3.63) is 105 Å². The molecular formula is C35H32N2O4. The highest BCUT2D eigenvalue weighted by molar-refractivity contribution is 5.92. The molecule has 0 bridgehead atoms. The van der Waals surface area contributed by atoms with E-state index in [2.05, 4.69) is 24.3 Å². The molecule has 0 unspecified atom stereocenters. The van der Waals surface area contributed by atoms with E-state index in [-0.39, 0.29) is 23.0 Å². The molecule has 7 rings (SSSR count). The smallest absolute Gasteiger partial charge is 0.202 e. The lowest BCUT2D eigenvalue weighted by atomic mass is 9.81. The van der Waals surface area contributed by atoms with Crippen LogP contribution in [-0.4, -0.2) is 32.9 Å². The predicted octanol–water partition coefficient (Wildman–Crippen LogP) is 6.69. The number of phenolic OH excluding ortho intramolecular Hbond substituents is 4. The zero-order valence-electron chi connectivity index (χ0n) is 22.8. The summed E-state index contributed by atoms with van der Waals surface area (Å²) < 4.78 is 0. The molecule has 3 aliphatic carbocycles. The van der Waals surface area contributed by atoms with Crippen LogP contribution < -0.4 is 0 Å². The Kier molecular flexibility index (Phi) is 6.07. The highest BCUT2D eigenvalue weighted by Gasteiger charge is 2.46. The third kappa shape index (κ3) is 4.00. The first-order chi connectivity index (χ1) is 20.0. The van der Waals surface area contributed by atoms with E-state index >= 15 is 0 Å². The lowest BCUT2D eigenvalue weighted by Crippen LogP contribution is -2.22. The Bertz CT molecular complexity index is 1630. The standard InChI is InChI=1S/C35H32N2O4/c38-29-13-5-9-23(33(29)40)19-36-35(37-20-24-10-6-14-30(39)34(24)41)27-17-15-21-7-1-3-11-25(21)31(27)32-26-12-4-2-8-22(26)16-18-28(32)35/h5-6,9-10,13-20,38-41H,1-4,7-8,11-12H2. The summed E-state index contributed by atoms with van der Waals surface area (Å²) in [6.07, 6.45) is 11.9. The average Bonchev–Trinajstić information content (AvgIpc) is 3.29. The van der Waals surface area contributed by atoms with Crippen LogP contribution in [-0.2, 0) is 31.3 Å². The summed E-state index contributed by atoms with van der Waals surface area (Å²) in [5.41, 5.74) is 9.48. The first-order valence-electron chi connectivity index (χ1n) is 14.4. The fourth-order valence-electron chi connectivity index (χ4n) is 6.90. The van der Waals surface area contributed by atoms with Crippen LogP contribution in [0.5, 0.6) is 23.0 Å². The molecule has 0 heterocycles. The van der Waals surface area contributed by atoms with E-state index in [4.69, 9.17) is 9.98 Å². The summed E-state index contributed by atoms with van der Waals surface area (Å²) >= 11 is 0. The molecular weight excluding hydrogens is 512 g/mol. The lowest BCUT2D eigenvalue weighted by molar-refractivity contribution is 0.403. The number of fused-ring (bicyclic) bond motifs is 7. The summed E-state index contributed by atoms with van der Waals surface area (Å²) in [5, 5.41) is 41.5. The van der Waals surface area contributed by atoms with Crippen molar-refractivity contribution in [2.24, 2.45) is 9.98 Å². The molecule has 0 fully saturated rings. The maximum absolute atomic E-state index is 10.6. The second-order valence-corrected chi connectivity index (χ2v) is 11.3. The predicted molar refractivity (Wildman–Crippen MR) is 161 cm³/mol. The van der Waals surface area contributed by atoms with E-state index in [9.17, 15) is 20.4 Å². The first-order valence-corrected chi connectivity index (χ1v) is 14.4. The summed E-state index contributed by atoms with van der Waals surface area (Å²) in [4.78, 5) is 10.3. The van der Waals surface area contributed by atoms with Gasteiger partial charge in [0.05, 0.1) is 0 Å². The van der Waals surface area contributed by atoms with E-state index in [1.807, 2.05) is 0 Å². The molecule has 0 amide bonds. The van der Waals surface area contributed by atoms with Gasteiger partial charge in [-0.2, -0.15) is 0 Å². The third-order valence-corrected chi connectivity index (χ3v) is 8.94. The van der Waals surface area contributed by atoms with E-state index in [1.165, 1.54) is 58.4 Å². The van der Waals surface area contributed by atoms with Gasteiger partial charge in [0.15, 0.2) is 23.0 Å². The van der Waals surface area contributed by atoms with Crippen LogP contribution in [0, 0.1) is 0 Å². The van der Waals surface area contributed by atoms with Gasteiger partial charge in [0.1, 0.15) is 0 Å². The van der Waals surface area contributed by atoms with Crippen molar-refractivity contribution in [3.8, 4) is 34.1 Å². The van der Waals surface area contributed by atoms with Gasteiger partial charge in [0, 0.05) is 34.7 Å². The zero-order valence-corrected chi connectivity index (χ0v) is 22.8. The molecule has 0 spiro atoms. The van der Waals surface area contributed by atoms with Crippen molar-refractivity contribution in [1.29, 1.82) is 0 Å². The van der Waals surface area contributed by atoms with Gasteiger partial charge < -0.3 is 20.4 Å².